The van der Waals surface area contributed by atoms with Crippen molar-refractivity contribution in [3.63, 3.8) is 0 Å². The van der Waals surface area contributed by atoms with Crippen LogP contribution in [0.25, 0.3) is 0 Å². The van der Waals surface area contributed by atoms with Gasteiger partial charge in [-0.15, -0.1) is 0 Å². The summed E-state index contributed by atoms with van der Waals surface area (Å²) in [6.45, 7) is 1.87. The van der Waals surface area contributed by atoms with Crippen LogP contribution in [0, 0.1) is 0 Å². The van der Waals surface area contributed by atoms with E-state index in [4.69, 9.17) is 4.74 Å². The van der Waals surface area contributed by atoms with Crippen LogP contribution in [0.15, 0.2) is 83.3 Å². The highest BCUT2D eigenvalue weighted by molar-refractivity contribution is 9.10. The van der Waals surface area contributed by atoms with Gasteiger partial charge in [-0.25, -0.2) is 4.90 Å². The SMILES string of the molecule is COc1ccc(C(=O)N(C2CC(=O)N(c3ccc(Br)cc3)C2=O)C(C)c2ccccc2)cc1. The molecule has 7 heteroatoms. The number of ether oxygens (including phenoxy) is 1. The van der Waals surface area contributed by atoms with Gasteiger partial charge in [0.25, 0.3) is 11.8 Å². The van der Waals surface area contributed by atoms with Gasteiger partial charge in [-0.2, -0.15) is 0 Å². The second kappa shape index (κ2) is 9.58. The molecule has 0 N–H and O–H groups in total. The Morgan fingerprint density at radius 1 is 1.00 bits per heavy atom. The van der Waals surface area contributed by atoms with Gasteiger partial charge >= 0.3 is 0 Å². The minimum Gasteiger partial charge on any atom is -0.497 e. The molecule has 3 aromatic rings. The van der Waals surface area contributed by atoms with E-state index in [2.05, 4.69) is 15.9 Å². The molecule has 3 aromatic carbocycles. The highest BCUT2D eigenvalue weighted by Gasteiger charge is 2.46. The van der Waals surface area contributed by atoms with E-state index in [1.54, 1.807) is 55.6 Å². The van der Waals surface area contributed by atoms with Crippen molar-refractivity contribution in [1.29, 1.82) is 0 Å². The van der Waals surface area contributed by atoms with Gasteiger partial charge in [0.2, 0.25) is 5.91 Å². The molecule has 168 valence electrons. The maximum Gasteiger partial charge on any atom is 0.257 e. The Hall–Kier alpha value is -3.45. The average molecular weight is 507 g/mol. The van der Waals surface area contributed by atoms with Gasteiger partial charge in [0, 0.05) is 10.0 Å². The molecule has 3 amide bonds. The van der Waals surface area contributed by atoms with Crippen LogP contribution >= 0.6 is 15.9 Å². The molecule has 2 atom stereocenters. The van der Waals surface area contributed by atoms with E-state index < -0.39 is 18.0 Å². The minimum absolute atomic E-state index is 0.0754. The Balaban J connectivity index is 1.72. The summed E-state index contributed by atoms with van der Waals surface area (Å²) >= 11 is 3.37. The maximum atomic E-state index is 13.7. The lowest BCUT2D eigenvalue weighted by molar-refractivity contribution is -0.122. The van der Waals surface area contributed by atoms with Crippen molar-refractivity contribution in [2.24, 2.45) is 0 Å². The molecule has 1 saturated heterocycles. The zero-order valence-corrected chi connectivity index (χ0v) is 19.9. The predicted molar refractivity (Wildman–Crippen MR) is 129 cm³/mol. The fraction of sp³-hybridized carbons (Fsp3) is 0.192. The number of rotatable bonds is 6. The maximum absolute atomic E-state index is 13.7. The Morgan fingerprint density at radius 3 is 2.24 bits per heavy atom. The van der Waals surface area contributed by atoms with Gasteiger partial charge in [0.1, 0.15) is 11.8 Å². The monoisotopic (exact) mass is 506 g/mol. The second-order valence-corrected chi connectivity index (χ2v) is 8.71. The van der Waals surface area contributed by atoms with Crippen LogP contribution in [0.4, 0.5) is 5.69 Å². The van der Waals surface area contributed by atoms with E-state index in [9.17, 15) is 14.4 Å². The molecule has 33 heavy (non-hydrogen) atoms. The van der Waals surface area contributed by atoms with Crippen LogP contribution in [-0.4, -0.2) is 35.8 Å². The number of benzene rings is 3. The molecule has 0 aliphatic carbocycles. The lowest BCUT2D eigenvalue weighted by Gasteiger charge is -2.33. The highest BCUT2D eigenvalue weighted by atomic mass is 79.9. The largest absolute Gasteiger partial charge is 0.497 e. The van der Waals surface area contributed by atoms with E-state index in [0.29, 0.717) is 17.0 Å². The summed E-state index contributed by atoms with van der Waals surface area (Å²) in [5, 5.41) is 0. The molecule has 4 rings (SSSR count). The first-order valence-corrected chi connectivity index (χ1v) is 11.3. The zero-order chi connectivity index (χ0) is 23.5. The molecule has 6 nitrogen and oxygen atoms in total. The summed E-state index contributed by atoms with van der Waals surface area (Å²) in [6, 6.07) is 21.9. The highest BCUT2D eigenvalue weighted by Crippen LogP contribution is 2.33. The fourth-order valence-electron chi connectivity index (χ4n) is 4.06. The Kier molecular flexibility index (Phi) is 6.60. The van der Waals surface area contributed by atoms with Crippen molar-refractivity contribution in [2.75, 3.05) is 12.0 Å². The van der Waals surface area contributed by atoms with Gasteiger partial charge in [0.05, 0.1) is 25.3 Å². The van der Waals surface area contributed by atoms with Crippen LogP contribution in [0.2, 0.25) is 0 Å². The molecule has 0 bridgehead atoms. The second-order valence-electron chi connectivity index (χ2n) is 7.79. The van der Waals surface area contributed by atoms with Crippen LogP contribution in [-0.2, 0) is 9.59 Å². The van der Waals surface area contributed by atoms with Crippen molar-refractivity contribution in [3.05, 3.63) is 94.5 Å². The van der Waals surface area contributed by atoms with Crippen molar-refractivity contribution in [3.8, 4) is 5.75 Å². The summed E-state index contributed by atoms with van der Waals surface area (Å²) in [4.78, 5) is 42.8. The van der Waals surface area contributed by atoms with Crippen LogP contribution in [0.3, 0.4) is 0 Å². The van der Waals surface area contributed by atoms with Gasteiger partial charge in [-0.3, -0.25) is 14.4 Å². The fourth-order valence-corrected chi connectivity index (χ4v) is 4.32. The van der Waals surface area contributed by atoms with Gasteiger partial charge < -0.3 is 9.64 Å². The molecule has 0 saturated carbocycles. The third kappa shape index (κ3) is 4.54. The number of hydrogen-bond donors (Lipinski definition) is 0. The molecular weight excluding hydrogens is 484 g/mol. The summed E-state index contributed by atoms with van der Waals surface area (Å²) in [5.41, 5.74) is 1.78. The molecule has 0 aromatic heterocycles. The molecule has 0 radical (unpaired) electrons. The van der Waals surface area contributed by atoms with E-state index in [0.717, 1.165) is 10.0 Å². The lowest BCUT2D eigenvalue weighted by Crippen LogP contribution is -2.46. The normalized spacial score (nSPS) is 16.6. The summed E-state index contributed by atoms with van der Waals surface area (Å²) < 4.78 is 6.04. The topological polar surface area (TPSA) is 66.9 Å². The van der Waals surface area contributed by atoms with Crippen LogP contribution in [0.1, 0.15) is 35.3 Å². The molecule has 1 fully saturated rings. The number of hydrogen-bond acceptors (Lipinski definition) is 4. The lowest BCUT2D eigenvalue weighted by atomic mass is 10.0. The number of halogens is 1. The molecular formula is C26H23BrN2O4. The molecule has 1 aliphatic heterocycles. The van der Waals surface area contributed by atoms with Gasteiger partial charge in [0.15, 0.2) is 0 Å². The minimum atomic E-state index is -0.911. The molecule has 1 heterocycles. The standard InChI is InChI=1S/C26H23BrN2O4/c1-17(18-6-4-3-5-7-18)28(25(31)19-8-14-22(33-2)15-9-19)23-16-24(30)29(26(23)32)21-12-10-20(27)11-13-21/h3-15,17,23H,16H2,1-2H3. The van der Waals surface area contributed by atoms with Crippen molar-refractivity contribution in [1.82, 2.24) is 4.90 Å². The zero-order valence-electron chi connectivity index (χ0n) is 18.3. The van der Waals surface area contributed by atoms with E-state index >= 15 is 0 Å². The number of nitrogens with zero attached hydrogens (tertiary/aromatic N) is 2. The van der Waals surface area contributed by atoms with Gasteiger partial charge in [-0.1, -0.05) is 46.3 Å². The van der Waals surface area contributed by atoms with E-state index in [1.807, 2.05) is 37.3 Å². The first-order chi connectivity index (χ1) is 15.9. The third-order valence-electron chi connectivity index (χ3n) is 5.81. The number of imide groups is 1. The van der Waals surface area contributed by atoms with E-state index in [1.165, 1.54) is 9.80 Å². The quantitative estimate of drug-likeness (QED) is 0.441. The number of carbonyl (C=O) groups is 3. The summed E-state index contributed by atoms with van der Waals surface area (Å²) in [5.74, 6) is -0.437. The van der Waals surface area contributed by atoms with Crippen LogP contribution < -0.4 is 9.64 Å². The Bertz CT molecular complexity index is 1160. The van der Waals surface area contributed by atoms with Gasteiger partial charge in [-0.05, 0) is 61.0 Å². The van der Waals surface area contributed by atoms with Crippen molar-refractivity contribution in [2.45, 2.75) is 25.4 Å². The smallest absolute Gasteiger partial charge is 0.257 e. The molecule has 2 unspecified atom stereocenters. The Labute approximate surface area is 200 Å². The molecule has 0 spiro atoms. The number of carbonyl (C=O) groups excluding carboxylic acids is 3. The summed E-state index contributed by atoms with van der Waals surface area (Å²) in [6.07, 6.45) is -0.0754. The first-order valence-electron chi connectivity index (χ1n) is 10.5. The molecule has 1 aliphatic rings. The number of amides is 3. The average Bonchev–Trinajstić information content (AvgIpc) is 3.13. The van der Waals surface area contributed by atoms with Crippen molar-refractivity contribution >= 4 is 39.3 Å². The number of anilines is 1. The predicted octanol–water partition coefficient (Wildman–Crippen LogP) is 4.99. The van der Waals surface area contributed by atoms with Crippen LogP contribution in [0.5, 0.6) is 5.75 Å². The first kappa shape index (κ1) is 22.7. The van der Waals surface area contributed by atoms with E-state index in [-0.39, 0.29) is 18.2 Å². The third-order valence-corrected chi connectivity index (χ3v) is 6.34. The Morgan fingerprint density at radius 2 is 1.64 bits per heavy atom. The van der Waals surface area contributed by atoms with Crippen molar-refractivity contribution < 1.29 is 19.1 Å². The number of methoxy groups -OCH3 is 1. The summed E-state index contributed by atoms with van der Waals surface area (Å²) in [7, 11) is 1.56.